The molecule has 1 aliphatic carbocycles. The summed E-state index contributed by atoms with van der Waals surface area (Å²) in [5.41, 5.74) is 0. The highest BCUT2D eigenvalue weighted by molar-refractivity contribution is 4.94. The summed E-state index contributed by atoms with van der Waals surface area (Å²) in [5.74, 6) is 3.15. The topological polar surface area (TPSA) is 33.0 Å². The summed E-state index contributed by atoms with van der Waals surface area (Å²) in [7, 11) is 0. The maximum absolute atomic E-state index is 8.87. The molecule has 0 heterocycles. The van der Waals surface area contributed by atoms with Crippen molar-refractivity contribution in [2.45, 2.75) is 32.3 Å². The molecule has 0 amide bonds. The summed E-state index contributed by atoms with van der Waals surface area (Å²) in [6, 6.07) is 2.29. The lowest BCUT2D eigenvalue weighted by Gasteiger charge is -2.30. The molecule has 0 bridgehead atoms. The normalized spacial score (nSPS) is 33.3. The molecule has 0 aromatic heterocycles. The number of nitriles is 1. The van der Waals surface area contributed by atoms with Gasteiger partial charge in [-0.1, -0.05) is 12.8 Å². The third kappa shape index (κ3) is 2.76. The van der Waals surface area contributed by atoms with Crippen LogP contribution in [-0.4, -0.2) is 12.7 Å². The van der Waals surface area contributed by atoms with Gasteiger partial charge in [0.2, 0.25) is 0 Å². The molecular weight excluding hydrogens is 162 g/mol. The van der Waals surface area contributed by atoms with Gasteiger partial charge in [0.05, 0.1) is 18.1 Å². The molecule has 0 radical (unpaired) electrons. The lowest BCUT2D eigenvalue weighted by molar-refractivity contribution is 0.0103. The van der Waals surface area contributed by atoms with E-state index in [-0.39, 0.29) is 12.0 Å². The van der Waals surface area contributed by atoms with Crippen LogP contribution in [0.2, 0.25) is 0 Å². The van der Waals surface area contributed by atoms with E-state index in [9.17, 15) is 0 Å². The zero-order valence-corrected chi connectivity index (χ0v) is 7.99. The smallest absolute Gasteiger partial charge is 0.107 e. The van der Waals surface area contributed by atoms with Crippen molar-refractivity contribution < 1.29 is 4.74 Å². The van der Waals surface area contributed by atoms with Crippen LogP contribution in [0, 0.1) is 35.5 Å². The van der Waals surface area contributed by atoms with E-state index in [0.717, 1.165) is 19.3 Å². The molecule has 0 N–H and O–H groups in total. The van der Waals surface area contributed by atoms with Gasteiger partial charge in [0.15, 0.2) is 0 Å². The second-order valence-corrected chi connectivity index (χ2v) is 3.71. The highest BCUT2D eigenvalue weighted by Gasteiger charge is 2.28. The summed E-state index contributed by atoms with van der Waals surface area (Å²) < 4.78 is 5.45. The molecule has 0 spiro atoms. The van der Waals surface area contributed by atoms with Crippen molar-refractivity contribution in [3.8, 4) is 18.4 Å². The minimum atomic E-state index is 0.0459. The minimum absolute atomic E-state index is 0.0459. The summed E-state index contributed by atoms with van der Waals surface area (Å²) >= 11 is 0. The van der Waals surface area contributed by atoms with Crippen LogP contribution in [0.5, 0.6) is 0 Å². The monoisotopic (exact) mass is 177 g/mol. The van der Waals surface area contributed by atoms with Crippen molar-refractivity contribution in [3.05, 3.63) is 0 Å². The lowest BCUT2D eigenvalue weighted by Crippen LogP contribution is -2.30. The Kier molecular flexibility index (Phi) is 3.80. The maximum atomic E-state index is 8.87. The fraction of sp³-hybridized carbons (Fsp3) is 0.727. The van der Waals surface area contributed by atoms with Gasteiger partial charge in [0, 0.05) is 0 Å². The third-order valence-corrected chi connectivity index (χ3v) is 2.60. The van der Waals surface area contributed by atoms with Crippen LogP contribution in [0.1, 0.15) is 26.2 Å². The summed E-state index contributed by atoms with van der Waals surface area (Å²) in [5, 5.41) is 8.87. The molecule has 3 unspecified atom stereocenters. The minimum Gasteiger partial charge on any atom is -0.364 e. The van der Waals surface area contributed by atoms with Crippen molar-refractivity contribution in [2.75, 3.05) is 6.61 Å². The number of ether oxygens (including phenoxy) is 1. The average molecular weight is 177 g/mol. The summed E-state index contributed by atoms with van der Waals surface area (Å²) in [6.45, 7) is 2.52. The van der Waals surface area contributed by atoms with Crippen LogP contribution >= 0.6 is 0 Å². The highest BCUT2D eigenvalue weighted by Crippen LogP contribution is 2.30. The third-order valence-electron chi connectivity index (χ3n) is 2.60. The Balaban J connectivity index is 2.47. The van der Waals surface area contributed by atoms with Gasteiger partial charge in [0.25, 0.3) is 0 Å². The van der Waals surface area contributed by atoms with Crippen molar-refractivity contribution >= 4 is 0 Å². The van der Waals surface area contributed by atoms with E-state index in [1.165, 1.54) is 0 Å². The van der Waals surface area contributed by atoms with Gasteiger partial charge in [-0.25, -0.2) is 0 Å². The standard InChI is InChI=1S/C11H15NO/c1-3-6-13-11-7-9(2)4-5-10(11)8-12/h1,9-11H,4-7H2,2H3. The number of nitrogens with zero attached hydrogens (tertiary/aromatic N) is 1. The lowest BCUT2D eigenvalue weighted by atomic mass is 9.81. The molecule has 3 atom stereocenters. The Morgan fingerprint density at radius 2 is 2.31 bits per heavy atom. The first-order valence-corrected chi connectivity index (χ1v) is 4.72. The molecule has 0 aromatic carbocycles. The van der Waals surface area contributed by atoms with Gasteiger partial charge in [-0.2, -0.15) is 5.26 Å². The molecule has 2 heteroatoms. The molecular formula is C11H15NO. The Bertz CT molecular complexity index is 235. The van der Waals surface area contributed by atoms with Crippen LogP contribution in [0.15, 0.2) is 0 Å². The predicted molar refractivity (Wildman–Crippen MR) is 50.7 cm³/mol. The van der Waals surface area contributed by atoms with Gasteiger partial charge in [0.1, 0.15) is 6.61 Å². The van der Waals surface area contributed by atoms with Crippen molar-refractivity contribution in [2.24, 2.45) is 11.8 Å². The molecule has 0 aliphatic heterocycles. The average Bonchev–Trinajstić information content (AvgIpc) is 2.15. The van der Waals surface area contributed by atoms with E-state index in [1.807, 2.05) is 0 Å². The largest absolute Gasteiger partial charge is 0.364 e. The summed E-state index contributed by atoms with van der Waals surface area (Å²) in [4.78, 5) is 0. The van der Waals surface area contributed by atoms with Crippen molar-refractivity contribution in [3.63, 3.8) is 0 Å². The van der Waals surface area contributed by atoms with Crippen molar-refractivity contribution in [1.82, 2.24) is 0 Å². The Labute approximate surface area is 79.9 Å². The van der Waals surface area contributed by atoms with Gasteiger partial charge >= 0.3 is 0 Å². The van der Waals surface area contributed by atoms with E-state index >= 15 is 0 Å². The van der Waals surface area contributed by atoms with Crippen molar-refractivity contribution in [1.29, 1.82) is 5.26 Å². The molecule has 70 valence electrons. The second-order valence-electron chi connectivity index (χ2n) is 3.71. The number of hydrogen-bond donors (Lipinski definition) is 0. The van der Waals surface area contributed by atoms with E-state index in [0.29, 0.717) is 12.5 Å². The second kappa shape index (κ2) is 4.90. The Morgan fingerprint density at radius 3 is 2.92 bits per heavy atom. The first kappa shape index (κ1) is 10.1. The van der Waals surface area contributed by atoms with Gasteiger partial charge in [-0.3, -0.25) is 0 Å². The number of rotatable bonds is 2. The molecule has 1 rings (SSSR count). The van der Waals surface area contributed by atoms with Gasteiger partial charge in [-0.15, -0.1) is 6.42 Å². The van der Waals surface area contributed by atoms with Crippen LogP contribution in [0.3, 0.4) is 0 Å². The molecule has 0 saturated heterocycles. The van der Waals surface area contributed by atoms with Crippen LogP contribution in [0.25, 0.3) is 0 Å². The van der Waals surface area contributed by atoms with E-state index in [1.54, 1.807) is 0 Å². The fourth-order valence-electron chi connectivity index (χ4n) is 1.82. The summed E-state index contributed by atoms with van der Waals surface area (Å²) in [6.07, 6.45) is 8.23. The van der Waals surface area contributed by atoms with E-state index < -0.39 is 0 Å². The molecule has 1 fully saturated rings. The number of hydrogen-bond acceptors (Lipinski definition) is 2. The molecule has 13 heavy (non-hydrogen) atoms. The Hall–Kier alpha value is -0.990. The zero-order valence-electron chi connectivity index (χ0n) is 7.99. The van der Waals surface area contributed by atoms with Crippen LogP contribution < -0.4 is 0 Å². The first-order chi connectivity index (χ1) is 6.27. The number of terminal acetylenes is 1. The van der Waals surface area contributed by atoms with E-state index in [4.69, 9.17) is 16.4 Å². The first-order valence-electron chi connectivity index (χ1n) is 4.72. The van der Waals surface area contributed by atoms with E-state index in [2.05, 4.69) is 18.9 Å². The highest BCUT2D eigenvalue weighted by atomic mass is 16.5. The van der Waals surface area contributed by atoms with Gasteiger partial charge < -0.3 is 4.74 Å². The zero-order chi connectivity index (χ0) is 9.68. The maximum Gasteiger partial charge on any atom is 0.107 e. The van der Waals surface area contributed by atoms with Crippen LogP contribution in [0.4, 0.5) is 0 Å². The van der Waals surface area contributed by atoms with Crippen LogP contribution in [-0.2, 0) is 4.74 Å². The molecule has 2 nitrogen and oxygen atoms in total. The fourth-order valence-corrected chi connectivity index (χ4v) is 1.82. The predicted octanol–water partition coefficient (Wildman–Crippen LogP) is 1.96. The molecule has 1 aliphatic rings. The Morgan fingerprint density at radius 1 is 1.54 bits per heavy atom. The quantitative estimate of drug-likeness (QED) is 0.604. The molecule has 1 saturated carbocycles. The molecule has 0 aromatic rings. The SMILES string of the molecule is C#CCOC1CC(C)CCC1C#N. The van der Waals surface area contributed by atoms with Gasteiger partial charge in [-0.05, 0) is 25.2 Å².